The van der Waals surface area contributed by atoms with Gasteiger partial charge in [-0.1, -0.05) is 32.1 Å². The molecule has 1 aromatic carbocycles. The highest BCUT2D eigenvalue weighted by Gasteiger charge is 2.16. The van der Waals surface area contributed by atoms with Gasteiger partial charge < -0.3 is 15.2 Å². The summed E-state index contributed by atoms with van der Waals surface area (Å²) >= 11 is 0. The average molecular weight is 277 g/mol. The maximum Gasteiger partial charge on any atom is 0.251 e. The Morgan fingerprint density at radius 1 is 1.20 bits per heavy atom. The van der Waals surface area contributed by atoms with Crippen LogP contribution in [0.4, 0.5) is 0 Å². The van der Waals surface area contributed by atoms with Crippen LogP contribution in [0.1, 0.15) is 55.3 Å². The third kappa shape index (κ3) is 3.89. The summed E-state index contributed by atoms with van der Waals surface area (Å²) in [6.45, 7) is 0. The molecule has 4 heteroatoms. The van der Waals surface area contributed by atoms with Crippen LogP contribution < -0.4 is 10.1 Å². The molecule has 110 valence electrons. The molecule has 1 fully saturated rings. The number of phenols is 1. The number of carbonyl (C=O) groups excluding carboxylic acids is 1. The van der Waals surface area contributed by atoms with Crippen LogP contribution in [0.2, 0.25) is 0 Å². The molecule has 0 aromatic heterocycles. The molecule has 0 saturated heterocycles. The number of benzene rings is 1. The molecular weight excluding hydrogens is 254 g/mol. The Hall–Kier alpha value is -1.71. The lowest BCUT2D eigenvalue weighted by molar-refractivity contribution is 0.0930. The minimum Gasteiger partial charge on any atom is -0.504 e. The second kappa shape index (κ2) is 7.17. The number of amides is 1. The standard InChI is InChI=1S/C16H23NO3/c1-20-15-10-9-12(11-14(15)18)16(19)17-13-7-5-3-2-4-6-8-13/h9-11,13,18H,2-8H2,1H3,(H,17,19). The van der Waals surface area contributed by atoms with Crippen molar-refractivity contribution in [1.82, 2.24) is 5.32 Å². The molecule has 4 nitrogen and oxygen atoms in total. The molecular formula is C16H23NO3. The van der Waals surface area contributed by atoms with Gasteiger partial charge in [0.15, 0.2) is 11.5 Å². The third-order valence-corrected chi connectivity index (χ3v) is 3.88. The second-order valence-electron chi connectivity index (χ2n) is 5.40. The van der Waals surface area contributed by atoms with Gasteiger partial charge in [0.05, 0.1) is 7.11 Å². The van der Waals surface area contributed by atoms with E-state index in [0.717, 1.165) is 12.8 Å². The lowest BCUT2D eigenvalue weighted by Crippen LogP contribution is -2.35. The van der Waals surface area contributed by atoms with Crippen molar-refractivity contribution >= 4 is 5.91 Å². The Kier molecular flexibility index (Phi) is 5.27. The van der Waals surface area contributed by atoms with Gasteiger partial charge in [-0.2, -0.15) is 0 Å². The SMILES string of the molecule is COc1ccc(C(=O)NC2CCCCCCC2)cc1O. The fourth-order valence-electron chi connectivity index (χ4n) is 2.70. The zero-order valence-corrected chi connectivity index (χ0v) is 12.0. The van der Waals surface area contributed by atoms with E-state index in [1.165, 1.54) is 45.3 Å². The van der Waals surface area contributed by atoms with Gasteiger partial charge in [0.1, 0.15) is 0 Å². The average Bonchev–Trinajstić information content (AvgIpc) is 2.41. The van der Waals surface area contributed by atoms with E-state index in [0.29, 0.717) is 11.3 Å². The summed E-state index contributed by atoms with van der Waals surface area (Å²) in [5.74, 6) is 0.263. The van der Waals surface area contributed by atoms with E-state index >= 15 is 0 Å². The van der Waals surface area contributed by atoms with Gasteiger partial charge >= 0.3 is 0 Å². The number of rotatable bonds is 3. The first-order chi connectivity index (χ1) is 9.70. The predicted molar refractivity (Wildman–Crippen MR) is 78.2 cm³/mol. The first-order valence-electron chi connectivity index (χ1n) is 7.38. The normalized spacial score (nSPS) is 17.1. The number of aromatic hydroxyl groups is 1. The van der Waals surface area contributed by atoms with Crippen molar-refractivity contribution < 1.29 is 14.6 Å². The van der Waals surface area contributed by atoms with Gasteiger partial charge in [0.25, 0.3) is 5.91 Å². The molecule has 0 heterocycles. The van der Waals surface area contributed by atoms with Crippen LogP contribution in [0.15, 0.2) is 18.2 Å². The highest BCUT2D eigenvalue weighted by Crippen LogP contribution is 2.26. The summed E-state index contributed by atoms with van der Waals surface area (Å²) in [5, 5.41) is 12.8. The van der Waals surface area contributed by atoms with E-state index in [-0.39, 0.29) is 17.7 Å². The molecule has 2 rings (SSSR count). The molecule has 1 aliphatic carbocycles. The largest absolute Gasteiger partial charge is 0.504 e. The molecule has 0 spiro atoms. The number of hydrogen-bond donors (Lipinski definition) is 2. The zero-order chi connectivity index (χ0) is 14.4. The van der Waals surface area contributed by atoms with E-state index in [9.17, 15) is 9.90 Å². The Morgan fingerprint density at radius 2 is 1.85 bits per heavy atom. The molecule has 0 radical (unpaired) electrons. The second-order valence-corrected chi connectivity index (χ2v) is 5.40. The number of methoxy groups -OCH3 is 1. The molecule has 1 amide bonds. The summed E-state index contributed by atoms with van der Waals surface area (Å²) in [6, 6.07) is 5.00. The van der Waals surface area contributed by atoms with Crippen molar-refractivity contribution in [3.05, 3.63) is 23.8 Å². The molecule has 0 aliphatic heterocycles. The highest BCUT2D eigenvalue weighted by atomic mass is 16.5. The first-order valence-corrected chi connectivity index (χ1v) is 7.38. The van der Waals surface area contributed by atoms with Gasteiger partial charge in [-0.25, -0.2) is 0 Å². The quantitative estimate of drug-likeness (QED) is 0.891. The Morgan fingerprint density at radius 3 is 2.45 bits per heavy atom. The van der Waals surface area contributed by atoms with Crippen LogP contribution in [-0.2, 0) is 0 Å². The van der Waals surface area contributed by atoms with Crippen LogP contribution in [0.25, 0.3) is 0 Å². The molecule has 0 atom stereocenters. The van der Waals surface area contributed by atoms with Crippen LogP contribution >= 0.6 is 0 Å². The van der Waals surface area contributed by atoms with E-state index in [2.05, 4.69) is 5.32 Å². The molecule has 1 saturated carbocycles. The summed E-state index contributed by atoms with van der Waals surface area (Å²) < 4.78 is 4.98. The summed E-state index contributed by atoms with van der Waals surface area (Å²) in [5.41, 5.74) is 0.477. The minimum absolute atomic E-state index is 0.00202. The van der Waals surface area contributed by atoms with Crippen molar-refractivity contribution in [3.8, 4) is 11.5 Å². The van der Waals surface area contributed by atoms with Crippen molar-refractivity contribution in [2.45, 2.75) is 51.0 Å². The molecule has 20 heavy (non-hydrogen) atoms. The summed E-state index contributed by atoms with van der Waals surface area (Å²) in [7, 11) is 1.49. The molecule has 0 bridgehead atoms. The van der Waals surface area contributed by atoms with E-state index in [1.807, 2.05) is 0 Å². The maximum absolute atomic E-state index is 12.2. The molecule has 2 N–H and O–H groups in total. The topological polar surface area (TPSA) is 58.6 Å². The van der Waals surface area contributed by atoms with Crippen LogP contribution in [-0.4, -0.2) is 24.2 Å². The Bertz CT molecular complexity index is 451. The molecule has 1 aromatic rings. The minimum atomic E-state index is -0.117. The van der Waals surface area contributed by atoms with E-state index < -0.39 is 0 Å². The van der Waals surface area contributed by atoms with Crippen LogP contribution in [0.3, 0.4) is 0 Å². The smallest absolute Gasteiger partial charge is 0.251 e. The van der Waals surface area contributed by atoms with Gasteiger partial charge in [-0.15, -0.1) is 0 Å². The van der Waals surface area contributed by atoms with E-state index in [1.54, 1.807) is 12.1 Å². The Labute approximate surface area is 120 Å². The van der Waals surface area contributed by atoms with Gasteiger partial charge in [-0.05, 0) is 31.0 Å². The summed E-state index contributed by atoms with van der Waals surface area (Å²) in [6.07, 6.45) is 8.29. The van der Waals surface area contributed by atoms with Crippen LogP contribution in [0, 0.1) is 0 Å². The molecule has 0 unspecified atom stereocenters. The predicted octanol–water partition coefficient (Wildman–Crippen LogP) is 3.24. The molecule has 1 aliphatic rings. The van der Waals surface area contributed by atoms with Gasteiger partial charge in [-0.3, -0.25) is 4.79 Å². The van der Waals surface area contributed by atoms with Gasteiger partial charge in [0.2, 0.25) is 0 Å². The van der Waals surface area contributed by atoms with Crippen molar-refractivity contribution in [1.29, 1.82) is 0 Å². The van der Waals surface area contributed by atoms with Crippen molar-refractivity contribution in [2.75, 3.05) is 7.11 Å². The number of carbonyl (C=O) groups is 1. The summed E-state index contributed by atoms with van der Waals surface area (Å²) in [4.78, 5) is 12.2. The fourth-order valence-corrected chi connectivity index (χ4v) is 2.70. The third-order valence-electron chi connectivity index (χ3n) is 3.88. The lowest BCUT2D eigenvalue weighted by atomic mass is 9.96. The monoisotopic (exact) mass is 277 g/mol. The fraction of sp³-hybridized carbons (Fsp3) is 0.562. The van der Waals surface area contributed by atoms with Gasteiger partial charge in [0, 0.05) is 11.6 Å². The number of ether oxygens (including phenoxy) is 1. The van der Waals surface area contributed by atoms with Crippen LogP contribution in [0.5, 0.6) is 11.5 Å². The zero-order valence-electron chi connectivity index (χ0n) is 12.0. The number of hydrogen-bond acceptors (Lipinski definition) is 3. The highest BCUT2D eigenvalue weighted by molar-refractivity contribution is 5.95. The lowest BCUT2D eigenvalue weighted by Gasteiger charge is -2.21. The van der Waals surface area contributed by atoms with E-state index in [4.69, 9.17) is 4.74 Å². The number of nitrogens with one attached hydrogen (secondary N) is 1. The van der Waals surface area contributed by atoms with Crippen molar-refractivity contribution in [2.24, 2.45) is 0 Å². The Balaban J connectivity index is 1.98. The first kappa shape index (κ1) is 14.7. The number of phenolic OH excluding ortho intramolecular Hbond substituents is 1. The maximum atomic E-state index is 12.2. The van der Waals surface area contributed by atoms with Crippen molar-refractivity contribution in [3.63, 3.8) is 0 Å².